The van der Waals surface area contributed by atoms with Gasteiger partial charge in [0, 0.05) is 19.3 Å². The molecule has 114 valence electrons. The Hall–Kier alpha value is -1.02. The summed E-state index contributed by atoms with van der Waals surface area (Å²) in [5.41, 5.74) is 0.956. The maximum atomic E-state index is 12.0. The van der Waals surface area contributed by atoms with Crippen LogP contribution in [0.1, 0.15) is 18.4 Å². The smallest absolute Gasteiger partial charge is 0.258 e. The summed E-state index contributed by atoms with van der Waals surface area (Å²) < 4.78 is 26.6. The van der Waals surface area contributed by atoms with Crippen LogP contribution in [0.15, 0.2) is 23.4 Å². The van der Waals surface area contributed by atoms with E-state index in [0.29, 0.717) is 13.1 Å². The second kappa shape index (κ2) is 8.31. The van der Waals surface area contributed by atoms with Crippen LogP contribution in [0.25, 0.3) is 0 Å². The first-order valence-electron chi connectivity index (χ1n) is 6.69. The van der Waals surface area contributed by atoms with Crippen LogP contribution in [-0.2, 0) is 16.6 Å². The summed E-state index contributed by atoms with van der Waals surface area (Å²) >= 11 is 0. The van der Waals surface area contributed by atoms with Crippen LogP contribution >= 0.6 is 0 Å². The molecule has 1 heterocycles. The van der Waals surface area contributed by atoms with E-state index in [1.165, 1.54) is 6.07 Å². The molecule has 2 N–H and O–H groups in total. The highest BCUT2D eigenvalue weighted by molar-refractivity contribution is 7.89. The van der Waals surface area contributed by atoms with Crippen molar-refractivity contribution in [3.05, 3.63) is 23.9 Å². The lowest BCUT2D eigenvalue weighted by atomic mass is 10.3. The van der Waals surface area contributed by atoms with Crippen molar-refractivity contribution < 1.29 is 8.42 Å². The molecule has 0 radical (unpaired) electrons. The largest absolute Gasteiger partial charge is 0.316 e. The number of nitrogens with zero attached hydrogens (tertiary/aromatic N) is 2. The van der Waals surface area contributed by atoms with Crippen molar-refractivity contribution in [3.63, 3.8) is 0 Å². The van der Waals surface area contributed by atoms with E-state index in [2.05, 4.69) is 19.9 Å². The lowest BCUT2D eigenvalue weighted by molar-refractivity contribution is 0.394. The van der Waals surface area contributed by atoms with Crippen LogP contribution in [0.3, 0.4) is 0 Å². The van der Waals surface area contributed by atoms with Crippen molar-refractivity contribution in [1.82, 2.24) is 19.9 Å². The predicted octanol–water partition coefficient (Wildman–Crippen LogP) is 0.421. The first-order valence-corrected chi connectivity index (χ1v) is 8.18. The Balaban J connectivity index is 2.47. The first kappa shape index (κ1) is 17.0. The summed E-state index contributed by atoms with van der Waals surface area (Å²) in [6.45, 7) is 2.07. The Morgan fingerprint density at radius 3 is 2.55 bits per heavy atom. The van der Waals surface area contributed by atoms with Crippen molar-refractivity contribution in [2.75, 3.05) is 34.2 Å². The van der Waals surface area contributed by atoms with E-state index in [0.717, 1.165) is 24.9 Å². The summed E-state index contributed by atoms with van der Waals surface area (Å²) in [7, 11) is 2.35. The van der Waals surface area contributed by atoms with Gasteiger partial charge in [0.25, 0.3) is 10.0 Å². The fourth-order valence-electron chi connectivity index (χ4n) is 1.71. The monoisotopic (exact) mass is 300 g/mol. The minimum absolute atomic E-state index is 0.0740. The third-order valence-electron chi connectivity index (χ3n) is 2.78. The number of rotatable bonds is 9. The Kier molecular flexibility index (Phi) is 7.08. The molecule has 0 atom stereocenters. The van der Waals surface area contributed by atoms with Gasteiger partial charge in [-0.1, -0.05) is 6.07 Å². The SMILES string of the molecule is CNCc1ccc(S(=O)(=O)NCCCCN(C)C)nc1. The molecule has 1 aromatic heterocycles. The van der Waals surface area contributed by atoms with Crippen LogP contribution in [0.5, 0.6) is 0 Å². The van der Waals surface area contributed by atoms with E-state index in [9.17, 15) is 8.42 Å². The van der Waals surface area contributed by atoms with Gasteiger partial charge in [0.2, 0.25) is 0 Å². The third-order valence-corrected chi connectivity index (χ3v) is 4.15. The van der Waals surface area contributed by atoms with Crippen molar-refractivity contribution in [2.45, 2.75) is 24.4 Å². The minimum Gasteiger partial charge on any atom is -0.316 e. The number of unbranched alkanes of at least 4 members (excludes halogenated alkanes) is 1. The van der Waals surface area contributed by atoms with Crippen molar-refractivity contribution in [3.8, 4) is 0 Å². The maximum Gasteiger partial charge on any atom is 0.258 e. The highest BCUT2D eigenvalue weighted by Gasteiger charge is 2.14. The van der Waals surface area contributed by atoms with Gasteiger partial charge in [-0.3, -0.25) is 0 Å². The maximum absolute atomic E-state index is 12.0. The van der Waals surface area contributed by atoms with Crippen LogP contribution < -0.4 is 10.0 Å². The lowest BCUT2D eigenvalue weighted by Gasteiger charge is -2.09. The van der Waals surface area contributed by atoms with Gasteiger partial charge in [-0.15, -0.1) is 0 Å². The topological polar surface area (TPSA) is 74.3 Å². The molecule has 0 unspecified atom stereocenters. The van der Waals surface area contributed by atoms with Gasteiger partial charge in [-0.05, 0) is 52.2 Å². The standard InChI is InChI=1S/C13H24N4O2S/c1-14-10-12-6-7-13(15-11-12)20(18,19)16-8-4-5-9-17(2)3/h6-7,11,14,16H,4-5,8-10H2,1-3H3. The van der Waals surface area contributed by atoms with E-state index in [1.54, 1.807) is 12.3 Å². The van der Waals surface area contributed by atoms with Crippen molar-refractivity contribution in [2.24, 2.45) is 0 Å². The van der Waals surface area contributed by atoms with Crippen molar-refractivity contribution in [1.29, 1.82) is 0 Å². The van der Waals surface area contributed by atoms with E-state index in [1.807, 2.05) is 21.1 Å². The van der Waals surface area contributed by atoms with E-state index in [-0.39, 0.29) is 5.03 Å². The quantitative estimate of drug-likeness (QED) is 0.647. The van der Waals surface area contributed by atoms with E-state index in [4.69, 9.17) is 0 Å². The molecule has 0 aliphatic rings. The predicted molar refractivity (Wildman–Crippen MR) is 80.0 cm³/mol. The molecular formula is C13H24N4O2S. The number of hydrogen-bond donors (Lipinski definition) is 2. The van der Waals surface area contributed by atoms with Crippen molar-refractivity contribution >= 4 is 10.0 Å². The van der Waals surface area contributed by atoms with Crippen LogP contribution in [-0.4, -0.2) is 52.5 Å². The highest BCUT2D eigenvalue weighted by atomic mass is 32.2. The summed E-state index contributed by atoms with van der Waals surface area (Å²) in [4.78, 5) is 6.08. The average molecular weight is 300 g/mol. The first-order chi connectivity index (χ1) is 9.45. The van der Waals surface area contributed by atoms with Gasteiger partial charge >= 0.3 is 0 Å². The van der Waals surface area contributed by atoms with Gasteiger partial charge < -0.3 is 10.2 Å². The molecule has 0 fully saturated rings. The Morgan fingerprint density at radius 1 is 1.25 bits per heavy atom. The molecule has 1 aromatic rings. The number of aromatic nitrogens is 1. The zero-order valence-corrected chi connectivity index (χ0v) is 13.2. The van der Waals surface area contributed by atoms with E-state index < -0.39 is 10.0 Å². The van der Waals surface area contributed by atoms with Crippen LogP contribution in [0.2, 0.25) is 0 Å². The molecule has 0 bridgehead atoms. The van der Waals surface area contributed by atoms with Gasteiger partial charge in [0.1, 0.15) is 0 Å². The lowest BCUT2D eigenvalue weighted by Crippen LogP contribution is -2.26. The zero-order valence-electron chi connectivity index (χ0n) is 12.4. The molecule has 1 rings (SSSR count). The summed E-state index contributed by atoms with van der Waals surface area (Å²) in [6, 6.07) is 3.30. The third kappa shape index (κ3) is 5.96. The molecular weight excluding hydrogens is 276 g/mol. The summed E-state index contributed by atoms with van der Waals surface area (Å²) in [6.07, 6.45) is 3.36. The normalized spacial score (nSPS) is 12.0. The fourth-order valence-corrected chi connectivity index (χ4v) is 2.71. The molecule has 0 spiro atoms. The number of nitrogens with one attached hydrogen (secondary N) is 2. The summed E-state index contributed by atoms with van der Waals surface area (Å²) in [5.74, 6) is 0. The molecule has 6 nitrogen and oxygen atoms in total. The Bertz CT molecular complexity index is 486. The molecule has 0 saturated heterocycles. The second-order valence-corrected chi connectivity index (χ2v) is 6.66. The second-order valence-electron chi connectivity index (χ2n) is 4.94. The van der Waals surface area contributed by atoms with Crippen LogP contribution in [0, 0.1) is 0 Å². The minimum atomic E-state index is -3.49. The zero-order chi connectivity index (χ0) is 15.0. The molecule has 7 heteroatoms. The number of pyridine rings is 1. The van der Waals surface area contributed by atoms with Gasteiger partial charge in [0.05, 0.1) is 0 Å². The Morgan fingerprint density at radius 2 is 2.00 bits per heavy atom. The molecule has 0 saturated carbocycles. The molecule has 0 amide bonds. The van der Waals surface area contributed by atoms with Gasteiger partial charge in [-0.25, -0.2) is 18.1 Å². The molecule has 0 aromatic carbocycles. The average Bonchev–Trinajstić information content (AvgIpc) is 2.39. The number of hydrogen-bond acceptors (Lipinski definition) is 5. The Labute approximate surface area is 121 Å². The highest BCUT2D eigenvalue weighted by Crippen LogP contribution is 2.06. The van der Waals surface area contributed by atoms with Crippen LogP contribution in [0.4, 0.5) is 0 Å². The van der Waals surface area contributed by atoms with Gasteiger partial charge in [0.15, 0.2) is 5.03 Å². The summed E-state index contributed by atoms with van der Waals surface area (Å²) in [5, 5.41) is 3.06. The molecule has 20 heavy (non-hydrogen) atoms. The molecule has 0 aliphatic heterocycles. The fraction of sp³-hybridized carbons (Fsp3) is 0.615. The van der Waals surface area contributed by atoms with Gasteiger partial charge in [-0.2, -0.15) is 0 Å². The molecule has 0 aliphatic carbocycles. The number of sulfonamides is 1. The van der Waals surface area contributed by atoms with E-state index >= 15 is 0 Å².